The standard InChI is InChI=1S/C23H20N6O/c30-23(25-12-3-5-18-16-26-27-17-18)20-8-10-22(29-14-4-13-28-29)19(15-20)7-9-21-6-1-2-11-24-21/h1-2,4,6,8,10-11,13-17H,3,5,12H2,(H,25,30)(H,26,27). The average molecular weight is 396 g/mol. The Balaban J connectivity index is 1.51. The molecule has 7 heteroatoms. The van der Waals surface area contributed by atoms with E-state index in [2.05, 4.69) is 37.4 Å². The van der Waals surface area contributed by atoms with E-state index in [0.717, 1.165) is 24.1 Å². The average Bonchev–Trinajstić information content (AvgIpc) is 3.50. The smallest absolute Gasteiger partial charge is 0.251 e. The third-order valence-corrected chi connectivity index (χ3v) is 4.48. The summed E-state index contributed by atoms with van der Waals surface area (Å²) >= 11 is 0. The van der Waals surface area contributed by atoms with Crippen LogP contribution in [0.3, 0.4) is 0 Å². The summed E-state index contributed by atoms with van der Waals surface area (Å²) in [6, 6.07) is 12.9. The second-order valence-electron chi connectivity index (χ2n) is 6.61. The number of carbonyl (C=O) groups excluding carboxylic acids is 1. The van der Waals surface area contributed by atoms with Crippen LogP contribution in [0.25, 0.3) is 5.69 Å². The van der Waals surface area contributed by atoms with Crippen molar-refractivity contribution in [2.75, 3.05) is 6.54 Å². The van der Waals surface area contributed by atoms with E-state index >= 15 is 0 Å². The zero-order valence-corrected chi connectivity index (χ0v) is 16.2. The molecule has 0 spiro atoms. The van der Waals surface area contributed by atoms with Crippen LogP contribution < -0.4 is 5.32 Å². The molecule has 0 saturated heterocycles. The molecule has 3 aromatic heterocycles. The SMILES string of the molecule is O=C(NCCCc1cn[nH]c1)c1ccc(-n2cccn2)c(C#Cc2ccccn2)c1. The van der Waals surface area contributed by atoms with E-state index in [4.69, 9.17) is 0 Å². The molecule has 3 heterocycles. The molecule has 4 aromatic rings. The fourth-order valence-electron chi connectivity index (χ4n) is 2.97. The molecule has 1 aromatic carbocycles. The summed E-state index contributed by atoms with van der Waals surface area (Å²) in [5.74, 6) is 6.06. The Hall–Kier alpha value is -4.18. The maximum Gasteiger partial charge on any atom is 0.251 e. The van der Waals surface area contributed by atoms with Crippen LogP contribution in [0.15, 0.2) is 73.4 Å². The van der Waals surface area contributed by atoms with Crippen molar-refractivity contribution < 1.29 is 4.79 Å². The highest BCUT2D eigenvalue weighted by molar-refractivity contribution is 5.95. The highest BCUT2D eigenvalue weighted by Gasteiger charge is 2.10. The van der Waals surface area contributed by atoms with Gasteiger partial charge in [-0.2, -0.15) is 10.2 Å². The summed E-state index contributed by atoms with van der Waals surface area (Å²) in [6.07, 6.45) is 10.6. The lowest BCUT2D eigenvalue weighted by molar-refractivity contribution is 0.0953. The molecule has 148 valence electrons. The zero-order chi connectivity index (χ0) is 20.6. The Labute approximate surface area is 174 Å². The molecule has 0 aliphatic heterocycles. The molecule has 0 saturated carbocycles. The molecule has 0 bridgehead atoms. The van der Waals surface area contributed by atoms with Crippen molar-refractivity contribution in [2.24, 2.45) is 0 Å². The van der Waals surface area contributed by atoms with Gasteiger partial charge in [0, 0.05) is 36.9 Å². The van der Waals surface area contributed by atoms with E-state index in [-0.39, 0.29) is 5.91 Å². The molecule has 0 aliphatic carbocycles. The number of hydrogen-bond donors (Lipinski definition) is 2. The predicted molar refractivity (Wildman–Crippen MR) is 113 cm³/mol. The van der Waals surface area contributed by atoms with Gasteiger partial charge >= 0.3 is 0 Å². The second kappa shape index (κ2) is 9.34. The molecule has 2 N–H and O–H groups in total. The number of H-pyrrole nitrogens is 1. The second-order valence-corrected chi connectivity index (χ2v) is 6.61. The molecule has 0 radical (unpaired) electrons. The molecule has 0 unspecified atom stereocenters. The number of hydrogen-bond acceptors (Lipinski definition) is 4. The van der Waals surface area contributed by atoms with Crippen LogP contribution in [0.4, 0.5) is 0 Å². The van der Waals surface area contributed by atoms with Gasteiger partial charge in [0.05, 0.1) is 17.4 Å². The normalized spacial score (nSPS) is 10.3. The van der Waals surface area contributed by atoms with Gasteiger partial charge in [0.2, 0.25) is 0 Å². The Morgan fingerprint density at radius 2 is 2.10 bits per heavy atom. The van der Waals surface area contributed by atoms with E-state index < -0.39 is 0 Å². The van der Waals surface area contributed by atoms with Crippen LogP contribution in [0.1, 0.15) is 33.6 Å². The lowest BCUT2D eigenvalue weighted by Gasteiger charge is -2.09. The fourth-order valence-corrected chi connectivity index (χ4v) is 2.97. The van der Waals surface area contributed by atoms with Crippen molar-refractivity contribution >= 4 is 5.91 Å². The Bertz CT molecular complexity index is 1160. The lowest BCUT2D eigenvalue weighted by atomic mass is 10.1. The van der Waals surface area contributed by atoms with Gasteiger partial charge in [0.25, 0.3) is 5.91 Å². The van der Waals surface area contributed by atoms with Crippen LogP contribution in [0, 0.1) is 11.8 Å². The minimum absolute atomic E-state index is 0.130. The number of pyridine rings is 1. The van der Waals surface area contributed by atoms with Crippen LogP contribution in [-0.2, 0) is 6.42 Å². The van der Waals surface area contributed by atoms with Crippen molar-refractivity contribution in [3.63, 3.8) is 0 Å². The van der Waals surface area contributed by atoms with Gasteiger partial charge in [-0.05, 0) is 60.7 Å². The molecule has 0 fully saturated rings. The monoisotopic (exact) mass is 396 g/mol. The fraction of sp³-hybridized carbons (Fsp3) is 0.130. The summed E-state index contributed by atoms with van der Waals surface area (Å²) in [5.41, 5.74) is 3.85. The third kappa shape index (κ3) is 4.80. The molecule has 1 amide bonds. The van der Waals surface area contributed by atoms with Gasteiger partial charge in [-0.3, -0.25) is 9.89 Å². The zero-order valence-electron chi connectivity index (χ0n) is 16.2. The van der Waals surface area contributed by atoms with Gasteiger partial charge in [0.1, 0.15) is 5.69 Å². The minimum Gasteiger partial charge on any atom is -0.352 e. The number of amides is 1. The first-order valence-corrected chi connectivity index (χ1v) is 9.62. The van der Waals surface area contributed by atoms with Crippen molar-refractivity contribution in [3.05, 3.63) is 95.8 Å². The molecular formula is C23H20N6O. The van der Waals surface area contributed by atoms with Crippen LogP contribution in [0.2, 0.25) is 0 Å². The summed E-state index contributed by atoms with van der Waals surface area (Å²) < 4.78 is 1.73. The Morgan fingerprint density at radius 1 is 1.13 bits per heavy atom. The van der Waals surface area contributed by atoms with Gasteiger partial charge < -0.3 is 5.32 Å². The van der Waals surface area contributed by atoms with Crippen molar-refractivity contribution in [1.82, 2.24) is 30.3 Å². The quantitative estimate of drug-likeness (QED) is 0.387. The highest BCUT2D eigenvalue weighted by Crippen LogP contribution is 2.16. The first-order chi connectivity index (χ1) is 14.8. The number of nitrogens with one attached hydrogen (secondary N) is 2. The highest BCUT2D eigenvalue weighted by atomic mass is 16.1. The molecule has 4 rings (SSSR count). The number of rotatable bonds is 6. The molecule has 30 heavy (non-hydrogen) atoms. The van der Waals surface area contributed by atoms with E-state index in [1.54, 1.807) is 35.4 Å². The summed E-state index contributed by atoms with van der Waals surface area (Å²) in [4.78, 5) is 16.9. The largest absolute Gasteiger partial charge is 0.352 e. The minimum atomic E-state index is -0.130. The molecule has 0 aliphatic rings. The van der Waals surface area contributed by atoms with Gasteiger partial charge in [0.15, 0.2) is 0 Å². The van der Waals surface area contributed by atoms with Crippen LogP contribution in [0.5, 0.6) is 0 Å². The van der Waals surface area contributed by atoms with Crippen molar-refractivity contribution in [3.8, 4) is 17.5 Å². The first kappa shape index (κ1) is 19.2. The van der Waals surface area contributed by atoms with Gasteiger partial charge in [-0.1, -0.05) is 12.0 Å². The lowest BCUT2D eigenvalue weighted by Crippen LogP contribution is -2.25. The molecular weight excluding hydrogens is 376 g/mol. The van der Waals surface area contributed by atoms with Gasteiger partial charge in [-0.25, -0.2) is 9.67 Å². The summed E-state index contributed by atoms with van der Waals surface area (Å²) in [6.45, 7) is 0.583. The summed E-state index contributed by atoms with van der Waals surface area (Å²) in [7, 11) is 0. The van der Waals surface area contributed by atoms with Crippen molar-refractivity contribution in [1.29, 1.82) is 0 Å². The number of aromatic nitrogens is 5. The number of aryl methyl sites for hydroxylation is 1. The van der Waals surface area contributed by atoms with Crippen molar-refractivity contribution in [2.45, 2.75) is 12.8 Å². The number of benzene rings is 1. The molecule has 0 atom stereocenters. The van der Waals surface area contributed by atoms with Crippen LogP contribution >= 0.6 is 0 Å². The Kier molecular flexibility index (Phi) is 5.97. The van der Waals surface area contributed by atoms with Gasteiger partial charge in [-0.15, -0.1) is 0 Å². The number of aromatic amines is 1. The predicted octanol–water partition coefficient (Wildman–Crippen LogP) is 2.75. The first-order valence-electron chi connectivity index (χ1n) is 9.62. The number of carbonyl (C=O) groups is 1. The van der Waals surface area contributed by atoms with E-state index in [1.165, 1.54) is 0 Å². The topological polar surface area (TPSA) is 88.5 Å². The third-order valence-electron chi connectivity index (χ3n) is 4.48. The maximum absolute atomic E-state index is 12.6. The van der Waals surface area contributed by atoms with E-state index in [1.807, 2.05) is 42.7 Å². The van der Waals surface area contributed by atoms with E-state index in [9.17, 15) is 4.79 Å². The molecule has 7 nitrogen and oxygen atoms in total. The number of nitrogens with zero attached hydrogens (tertiary/aromatic N) is 4. The Morgan fingerprint density at radius 3 is 2.87 bits per heavy atom. The maximum atomic E-state index is 12.6. The summed E-state index contributed by atoms with van der Waals surface area (Å²) in [5, 5.41) is 14.0. The van der Waals surface area contributed by atoms with Crippen LogP contribution in [-0.4, -0.2) is 37.4 Å². The van der Waals surface area contributed by atoms with E-state index in [0.29, 0.717) is 23.4 Å².